The van der Waals surface area contributed by atoms with Crippen molar-refractivity contribution in [2.75, 3.05) is 5.32 Å². The number of nitrogens with two attached hydrogens (primary N) is 1. The maximum Gasteiger partial charge on any atom is 0.131 e. The maximum atomic E-state index is 6.27. The Morgan fingerprint density at radius 3 is 2.62 bits per heavy atom. The van der Waals surface area contributed by atoms with Gasteiger partial charge in [-0.3, -0.25) is 0 Å². The summed E-state index contributed by atoms with van der Waals surface area (Å²) in [6.07, 6.45) is 0. The number of para-hydroxylation sites is 1. The van der Waals surface area contributed by atoms with Crippen molar-refractivity contribution >= 4 is 74.5 Å². The number of nitrogens with zero attached hydrogens (tertiary/aromatic N) is 2. The van der Waals surface area contributed by atoms with Gasteiger partial charge in [0.2, 0.25) is 0 Å². The summed E-state index contributed by atoms with van der Waals surface area (Å²) in [6, 6.07) is 9.09. The van der Waals surface area contributed by atoms with E-state index in [1.807, 2.05) is 24.3 Å². The Morgan fingerprint density at radius 1 is 1.14 bits per heavy atom. The highest BCUT2D eigenvalue weighted by molar-refractivity contribution is 7.80. The molecule has 0 bridgehead atoms. The van der Waals surface area contributed by atoms with Crippen LogP contribution >= 0.6 is 47.1 Å². The molecule has 1 heterocycles. The van der Waals surface area contributed by atoms with Crippen LogP contribution in [0, 0.1) is 0 Å². The quantitative estimate of drug-likeness (QED) is 0.683. The van der Waals surface area contributed by atoms with E-state index in [1.54, 1.807) is 6.07 Å². The van der Waals surface area contributed by atoms with Crippen molar-refractivity contribution in [1.82, 2.24) is 8.75 Å². The van der Waals surface area contributed by atoms with Crippen LogP contribution in [0.15, 0.2) is 30.3 Å². The zero-order valence-corrected chi connectivity index (χ0v) is 13.6. The van der Waals surface area contributed by atoms with Crippen LogP contribution in [0.3, 0.4) is 0 Å². The van der Waals surface area contributed by atoms with Crippen LogP contribution < -0.4 is 11.1 Å². The number of rotatable bonds is 3. The summed E-state index contributed by atoms with van der Waals surface area (Å²) in [4.78, 5) is 0.302. The van der Waals surface area contributed by atoms with E-state index >= 15 is 0 Å². The minimum absolute atomic E-state index is 0.302. The molecule has 0 aliphatic rings. The SMILES string of the molecule is NC(=S)c1ccccc1Nc1c(Cl)cc(Cl)c2nsnc12. The minimum Gasteiger partial charge on any atom is -0.389 e. The van der Waals surface area contributed by atoms with Gasteiger partial charge in [-0.05, 0) is 18.2 Å². The van der Waals surface area contributed by atoms with Crippen molar-refractivity contribution in [3.63, 3.8) is 0 Å². The molecule has 3 N–H and O–H groups in total. The largest absolute Gasteiger partial charge is 0.389 e. The predicted octanol–water partition coefficient (Wildman–Crippen LogP) is 4.38. The Balaban J connectivity index is 2.15. The fraction of sp³-hybridized carbons (Fsp3) is 0. The molecule has 8 heteroatoms. The molecule has 3 rings (SSSR count). The molecule has 106 valence electrons. The second kappa shape index (κ2) is 5.73. The average Bonchev–Trinajstić information content (AvgIpc) is 2.93. The Morgan fingerprint density at radius 2 is 1.86 bits per heavy atom. The van der Waals surface area contributed by atoms with Gasteiger partial charge in [-0.25, -0.2) is 0 Å². The zero-order valence-electron chi connectivity index (χ0n) is 10.4. The molecule has 0 aliphatic heterocycles. The highest BCUT2D eigenvalue weighted by Gasteiger charge is 2.15. The molecule has 1 aromatic heterocycles. The van der Waals surface area contributed by atoms with Gasteiger partial charge in [0.25, 0.3) is 0 Å². The maximum absolute atomic E-state index is 6.27. The van der Waals surface area contributed by atoms with Crippen molar-refractivity contribution in [1.29, 1.82) is 0 Å². The first-order valence-electron chi connectivity index (χ1n) is 5.84. The number of aromatic nitrogens is 2. The van der Waals surface area contributed by atoms with Crippen LogP contribution in [0.4, 0.5) is 11.4 Å². The number of benzene rings is 2. The number of nitrogens with one attached hydrogen (secondary N) is 1. The molecule has 3 aromatic rings. The Labute approximate surface area is 140 Å². The van der Waals surface area contributed by atoms with Crippen LogP contribution in [0.5, 0.6) is 0 Å². The van der Waals surface area contributed by atoms with Crippen molar-refractivity contribution in [3.8, 4) is 0 Å². The van der Waals surface area contributed by atoms with Gasteiger partial charge < -0.3 is 11.1 Å². The summed E-state index contributed by atoms with van der Waals surface area (Å²) >= 11 is 18.5. The van der Waals surface area contributed by atoms with Crippen LogP contribution in [0.25, 0.3) is 11.0 Å². The van der Waals surface area contributed by atoms with Crippen molar-refractivity contribution in [2.24, 2.45) is 5.73 Å². The average molecular weight is 355 g/mol. The third-order valence-corrected chi connectivity index (χ3v) is 4.23. The van der Waals surface area contributed by atoms with Gasteiger partial charge in [0.15, 0.2) is 0 Å². The summed E-state index contributed by atoms with van der Waals surface area (Å²) in [5.74, 6) is 0. The van der Waals surface area contributed by atoms with Crippen molar-refractivity contribution in [3.05, 3.63) is 45.9 Å². The van der Waals surface area contributed by atoms with Crippen molar-refractivity contribution in [2.45, 2.75) is 0 Å². The van der Waals surface area contributed by atoms with E-state index in [0.29, 0.717) is 31.8 Å². The molecule has 0 amide bonds. The van der Waals surface area contributed by atoms with Crippen molar-refractivity contribution < 1.29 is 0 Å². The van der Waals surface area contributed by atoms with Gasteiger partial charge in [0.05, 0.1) is 27.5 Å². The van der Waals surface area contributed by atoms with E-state index in [9.17, 15) is 0 Å². The molecule has 0 spiro atoms. The highest BCUT2D eigenvalue weighted by Crippen LogP contribution is 2.37. The molecule has 2 aromatic carbocycles. The summed E-state index contributed by atoms with van der Waals surface area (Å²) in [5.41, 5.74) is 9.08. The number of anilines is 2. The molecule has 0 aliphatic carbocycles. The van der Waals surface area contributed by atoms with Gasteiger partial charge >= 0.3 is 0 Å². The molecule has 0 saturated carbocycles. The van der Waals surface area contributed by atoms with Gasteiger partial charge in [-0.15, -0.1) is 0 Å². The van der Waals surface area contributed by atoms with Gasteiger partial charge in [0.1, 0.15) is 16.0 Å². The van der Waals surface area contributed by atoms with E-state index in [1.165, 1.54) is 0 Å². The number of hydrogen-bond acceptors (Lipinski definition) is 5. The molecule has 0 unspecified atom stereocenters. The Hall–Kier alpha value is -1.47. The number of halogens is 2. The standard InChI is InChI=1S/C13H8Cl2N4S2/c14-7-5-8(15)11-12(19-21-18-11)10(7)17-9-4-2-1-3-6(9)13(16)20/h1-5,17H,(H2,16,20). The fourth-order valence-electron chi connectivity index (χ4n) is 1.93. The lowest BCUT2D eigenvalue weighted by Gasteiger charge is -2.13. The first kappa shape index (κ1) is 14.5. The minimum atomic E-state index is 0.302. The number of fused-ring (bicyclic) bond motifs is 1. The first-order valence-corrected chi connectivity index (χ1v) is 7.73. The summed E-state index contributed by atoms with van der Waals surface area (Å²) in [6.45, 7) is 0. The third kappa shape index (κ3) is 2.67. The van der Waals surface area contributed by atoms with E-state index in [-0.39, 0.29) is 0 Å². The molecule has 0 saturated heterocycles. The Bertz CT molecular complexity index is 847. The fourth-order valence-corrected chi connectivity index (χ4v) is 3.27. The molecule has 4 nitrogen and oxygen atoms in total. The van der Waals surface area contributed by atoms with Crippen LogP contribution in [0.1, 0.15) is 5.56 Å². The topological polar surface area (TPSA) is 63.8 Å². The van der Waals surface area contributed by atoms with E-state index in [4.69, 9.17) is 41.2 Å². The molecular weight excluding hydrogens is 347 g/mol. The predicted molar refractivity (Wildman–Crippen MR) is 93.0 cm³/mol. The van der Waals surface area contributed by atoms with Gasteiger partial charge in [-0.1, -0.05) is 47.6 Å². The molecule has 21 heavy (non-hydrogen) atoms. The molecule has 0 radical (unpaired) electrons. The smallest absolute Gasteiger partial charge is 0.131 e. The Kier molecular flexibility index (Phi) is 3.95. The summed E-state index contributed by atoms with van der Waals surface area (Å²) in [7, 11) is 0. The number of thiocarbonyl (C=S) groups is 1. The molecular formula is C13H8Cl2N4S2. The first-order chi connectivity index (χ1) is 10.1. The molecule has 0 fully saturated rings. The molecule has 0 atom stereocenters. The highest BCUT2D eigenvalue weighted by atomic mass is 35.5. The van der Waals surface area contributed by atoms with Gasteiger partial charge in [0, 0.05) is 11.3 Å². The number of hydrogen-bond donors (Lipinski definition) is 2. The van der Waals surface area contributed by atoms with Gasteiger partial charge in [-0.2, -0.15) is 8.75 Å². The van der Waals surface area contributed by atoms with E-state index < -0.39 is 0 Å². The van der Waals surface area contributed by atoms with Crippen LogP contribution in [-0.4, -0.2) is 13.7 Å². The summed E-state index contributed by atoms with van der Waals surface area (Å²) in [5, 5.41) is 4.15. The summed E-state index contributed by atoms with van der Waals surface area (Å²) < 4.78 is 8.41. The van der Waals surface area contributed by atoms with Crippen LogP contribution in [0.2, 0.25) is 10.0 Å². The second-order valence-corrected chi connectivity index (χ2v) is 5.99. The second-order valence-electron chi connectivity index (χ2n) is 4.21. The zero-order chi connectivity index (χ0) is 15.0. The monoisotopic (exact) mass is 354 g/mol. The van der Waals surface area contributed by atoms with Crippen LogP contribution in [-0.2, 0) is 0 Å². The van der Waals surface area contributed by atoms with E-state index in [2.05, 4.69) is 14.1 Å². The lowest BCUT2D eigenvalue weighted by Crippen LogP contribution is -2.11. The lowest BCUT2D eigenvalue weighted by atomic mass is 10.1. The lowest BCUT2D eigenvalue weighted by molar-refractivity contribution is 1.52. The third-order valence-electron chi connectivity index (χ3n) is 2.90. The van der Waals surface area contributed by atoms with E-state index in [0.717, 1.165) is 23.0 Å². The normalized spacial score (nSPS) is 10.8.